The number of hydrogen-bond acceptors (Lipinski definition) is 3. The summed E-state index contributed by atoms with van der Waals surface area (Å²) in [5.74, 6) is 0.775. The third-order valence-electron chi connectivity index (χ3n) is 5.50. The zero-order valence-electron chi connectivity index (χ0n) is 18.5. The average Bonchev–Trinajstić information content (AvgIpc) is 3.03. The number of anilines is 2. The van der Waals surface area contributed by atoms with E-state index in [1.54, 1.807) is 7.11 Å². The van der Waals surface area contributed by atoms with Gasteiger partial charge in [-0.3, -0.25) is 0 Å². The van der Waals surface area contributed by atoms with Gasteiger partial charge in [-0.2, -0.15) is 5.26 Å². The van der Waals surface area contributed by atoms with Crippen LogP contribution in [0.4, 0.5) is 16.2 Å². The number of nitrogens with one attached hydrogen (secondary N) is 2. The minimum atomic E-state index is -0.328. The minimum Gasteiger partial charge on any atom is -0.496 e. The molecule has 6 heteroatoms. The zero-order valence-corrected chi connectivity index (χ0v) is 18.5. The summed E-state index contributed by atoms with van der Waals surface area (Å²) < 4.78 is 7.45. The van der Waals surface area contributed by atoms with Crippen LogP contribution in [0.2, 0.25) is 0 Å². The van der Waals surface area contributed by atoms with E-state index in [1.807, 2.05) is 86.1 Å². The topological polar surface area (TPSA) is 79.1 Å². The van der Waals surface area contributed by atoms with E-state index in [1.165, 1.54) is 0 Å². The van der Waals surface area contributed by atoms with Crippen molar-refractivity contribution in [3.63, 3.8) is 0 Å². The van der Waals surface area contributed by atoms with Gasteiger partial charge in [0.25, 0.3) is 0 Å². The first kappa shape index (κ1) is 21.0. The summed E-state index contributed by atoms with van der Waals surface area (Å²) >= 11 is 0. The summed E-state index contributed by atoms with van der Waals surface area (Å²) in [5, 5.41) is 16.5. The smallest absolute Gasteiger partial charge is 0.323 e. The molecule has 0 bridgehead atoms. The predicted octanol–water partition coefficient (Wildman–Crippen LogP) is 5.99. The second-order valence-electron chi connectivity index (χ2n) is 7.76. The van der Waals surface area contributed by atoms with Gasteiger partial charge in [-0.15, -0.1) is 0 Å². The summed E-state index contributed by atoms with van der Waals surface area (Å²) in [6, 6.07) is 21.1. The molecule has 2 amide bonds. The summed E-state index contributed by atoms with van der Waals surface area (Å²) in [7, 11) is 3.57. The van der Waals surface area contributed by atoms with Crippen LogP contribution in [0.1, 0.15) is 16.7 Å². The van der Waals surface area contributed by atoms with Crippen LogP contribution >= 0.6 is 0 Å². The van der Waals surface area contributed by atoms with Gasteiger partial charge in [-0.1, -0.05) is 24.3 Å². The zero-order chi connectivity index (χ0) is 22.8. The Labute approximate surface area is 187 Å². The Morgan fingerprint density at radius 1 is 1.00 bits per heavy atom. The SMILES string of the molecule is COc1cc2c(cc1C)c(C#N)c(-c1cccc(NC(=O)Nc3cccc(C)c3)c1)n2C. The first-order valence-corrected chi connectivity index (χ1v) is 10.2. The molecule has 1 aromatic heterocycles. The number of nitriles is 1. The van der Waals surface area contributed by atoms with E-state index < -0.39 is 0 Å². The standard InChI is InChI=1S/C26H24N4O2/c1-16-7-5-9-19(11-16)28-26(31)29-20-10-6-8-18(13-20)25-22(15-27)21-12-17(2)24(32-4)14-23(21)30(25)3/h5-14H,1-4H3,(H2,28,29,31). The van der Waals surface area contributed by atoms with Crippen LogP contribution in [-0.2, 0) is 7.05 Å². The van der Waals surface area contributed by atoms with Crippen molar-refractivity contribution in [1.29, 1.82) is 5.26 Å². The fourth-order valence-electron chi connectivity index (χ4n) is 4.00. The maximum Gasteiger partial charge on any atom is 0.323 e. The molecule has 1 heterocycles. The number of aromatic nitrogens is 1. The highest BCUT2D eigenvalue weighted by Crippen LogP contribution is 2.36. The lowest BCUT2D eigenvalue weighted by molar-refractivity contribution is 0.262. The molecule has 0 atom stereocenters. The van der Waals surface area contributed by atoms with Gasteiger partial charge in [-0.05, 0) is 55.3 Å². The monoisotopic (exact) mass is 424 g/mol. The molecule has 0 aliphatic rings. The summed E-state index contributed by atoms with van der Waals surface area (Å²) in [6.45, 7) is 3.93. The second kappa shape index (κ2) is 8.48. The van der Waals surface area contributed by atoms with Gasteiger partial charge >= 0.3 is 6.03 Å². The van der Waals surface area contributed by atoms with Crippen LogP contribution in [0.15, 0.2) is 60.7 Å². The molecule has 0 aliphatic heterocycles. The van der Waals surface area contributed by atoms with Crippen LogP contribution in [0.5, 0.6) is 5.75 Å². The molecule has 0 saturated carbocycles. The van der Waals surface area contributed by atoms with Gasteiger partial charge in [0, 0.05) is 35.4 Å². The lowest BCUT2D eigenvalue weighted by atomic mass is 10.0. The highest BCUT2D eigenvalue weighted by atomic mass is 16.5. The second-order valence-corrected chi connectivity index (χ2v) is 7.76. The molecular weight excluding hydrogens is 400 g/mol. The van der Waals surface area contributed by atoms with Crippen LogP contribution in [0.25, 0.3) is 22.2 Å². The number of urea groups is 1. The molecule has 6 nitrogen and oxygen atoms in total. The van der Waals surface area contributed by atoms with Crippen LogP contribution in [0, 0.1) is 25.2 Å². The first-order chi connectivity index (χ1) is 15.4. The molecule has 32 heavy (non-hydrogen) atoms. The van der Waals surface area contributed by atoms with Crippen LogP contribution in [-0.4, -0.2) is 17.7 Å². The normalized spacial score (nSPS) is 10.6. The van der Waals surface area contributed by atoms with E-state index in [-0.39, 0.29) is 6.03 Å². The Balaban J connectivity index is 1.69. The molecule has 3 aromatic carbocycles. The van der Waals surface area contributed by atoms with Crippen LogP contribution in [0.3, 0.4) is 0 Å². The molecule has 4 rings (SSSR count). The number of carbonyl (C=O) groups is 1. The maximum atomic E-state index is 12.5. The first-order valence-electron chi connectivity index (χ1n) is 10.2. The molecule has 0 radical (unpaired) electrons. The van der Waals surface area contributed by atoms with Gasteiger partial charge in [0.15, 0.2) is 0 Å². The number of methoxy groups -OCH3 is 1. The fraction of sp³-hybridized carbons (Fsp3) is 0.154. The maximum absolute atomic E-state index is 12.5. The van der Waals surface area contributed by atoms with E-state index in [4.69, 9.17) is 4.74 Å². The van der Waals surface area contributed by atoms with E-state index in [9.17, 15) is 10.1 Å². The van der Waals surface area contributed by atoms with Gasteiger partial charge in [0.1, 0.15) is 11.8 Å². The van der Waals surface area contributed by atoms with Crippen molar-refractivity contribution in [3.05, 3.63) is 77.4 Å². The van der Waals surface area contributed by atoms with Crippen molar-refractivity contribution >= 4 is 28.3 Å². The Hall–Kier alpha value is -4.24. The number of carbonyl (C=O) groups excluding carboxylic acids is 1. The highest BCUT2D eigenvalue weighted by Gasteiger charge is 2.19. The van der Waals surface area contributed by atoms with E-state index in [2.05, 4.69) is 16.7 Å². The largest absolute Gasteiger partial charge is 0.496 e. The Kier molecular flexibility index (Phi) is 5.57. The number of amides is 2. The Morgan fingerprint density at radius 2 is 1.69 bits per heavy atom. The van der Waals surface area contributed by atoms with Crippen molar-refractivity contribution in [2.24, 2.45) is 7.05 Å². The van der Waals surface area contributed by atoms with Crippen molar-refractivity contribution < 1.29 is 9.53 Å². The van der Waals surface area contributed by atoms with E-state index >= 15 is 0 Å². The average molecular weight is 425 g/mol. The van der Waals surface area contributed by atoms with Gasteiger partial charge in [0.05, 0.1) is 23.9 Å². The summed E-state index contributed by atoms with van der Waals surface area (Å²) in [5.41, 5.74) is 6.53. The van der Waals surface area contributed by atoms with Gasteiger partial charge in [0.2, 0.25) is 0 Å². The van der Waals surface area contributed by atoms with Gasteiger partial charge in [-0.25, -0.2) is 4.79 Å². The fourth-order valence-corrected chi connectivity index (χ4v) is 4.00. The van der Waals surface area contributed by atoms with Crippen molar-refractivity contribution in [2.45, 2.75) is 13.8 Å². The van der Waals surface area contributed by atoms with Gasteiger partial charge < -0.3 is 19.9 Å². The quantitative estimate of drug-likeness (QED) is 0.422. The summed E-state index contributed by atoms with van der Waals surface area (Å²) in [6.07, 6.45) is 0. The Bertz CT molecular complexity index is 1380. The predicted molar refractivity (Wildman–Crippen MR) is 128 cm³/mol. The molecule has 0 fully saturated rings. The van der Waals surface area contributed by atoms with E-state index in [0.717, 1.165) is 44.7 Å². The van der Waals surface area contributed by atoms with E-state index in [0.29, 0.717) is 11.3 Å². The van der Waals surface area contributed by atoms with Crippen molar-refractivity contribution in [2.75, 3.05) is 17.7 Å². The third kappa shape index (κ3) is 3.88. The summed E-state index contributed by atoms with van der Waals surface area (Å²) in [4.78, 5) is 12.5. The third-order valence-corrected chi connectivity index (χ3v) is 5.50. The van der Waals surface area contributed by atoms with Crippen LogP contribution < -0.4 is 15.4 Å². The lowest BCUT2D eigenvalue weighted by Crippen LogP contribution is -2.19. The highest BCUT2D eigenvalue weighted by molar-refractivity contribution is 6.01. The number of hydrogen-bond donors (Lipinski definition) is 2. The number of benzene rings is 3. The number of ether oxygens (including phenoxy) is 1. The number of fused-ring (bicyclic) bond motifs is 1. The number of nitrogens with zero attached hydrogens (tertiary/aromatic N) is 2. The molecule has 0 unspecified atom stereocenters. The molecule has 0 spiro atoms. The molecule has 2 N–H and O–H groups in total. The minimum absolute atomic E-state index is 0.328. The Morgan fingerprint density at radius 3 is 2.34 bits per heavy atom. The van der Waals surface area contributed by atoms with Crippen molar-refractivity contribution in [3.8, 4) is 23.1 Å². The molecule has 0 saturated heterocycles. The number of rotatable bonds is 4. The molecule has 4 aromatic rings. The van der Waals surface area contributed by atoms with Crippen molar-refractivity contribution in [1.82, 2.24) is 4.57 Å². The molecular formula is C26H24N4O2. The lowest BCUT2D eigenvalue weighted by Gasteiger charge is -2.11. The molecule has 160 valence electrons. The molecule has 0 aliphatic carbocycles. The number of aryl methyl sites for hydroxylation is 3.